The minimum absolute atomic E-state index is 0. The molecular weight excluding hydrogens is 324 g/mol. The number of H-pyrrole nitrogens is 1. The van der Waals surface area contributed by atoms with E-state index in [4.69, 9.17) is 5.73 Å². The quantitative estimate of drug-likeness (QED) is 0.838. The third kappa shape index (κ3) is 4.36. The average molecular weight is 349 g/mol. The van der Waals surface area contributed by atoms with Gasteiger partial charge in [-0.15, -0.1) is 12.4 Å². The number of aromatic amines is 1. The van der Waals surface area contributed by atoms with Crippen LogP contribution in [0, 0.1) is 5.92 Å². The lowest BCUT2D eigenvalue weighted by Crippen LogP contribution is -2.42. The van der Waals surface area contributed by atoms with Gasteiger partial charge in [-0.05, 0) is 30.4 Å². The van der Waals surface area contributed by atoms with Gasteiger partial charge < -0.3 is 10.6 Å². The fraction of sp³-hybridized carbons (Fsp3) is 0.444. The van der Waals surface area contributed by atoms with Crippen LogP contribution in [0.4, 0.5) is 0 Å². The number of rotatable bonds is 6. The number of fused-ring (bicyclic) bond motifs is 1. The third-order valence-electron chi connectivity index (χ3n) is 4.59. The Morgan fingerprint density at radius 1 is 1.29 bits per heavy atom. The summed E-state index contributed by atoms with van der Waals surface area (Å²) >= 11 is 0. The number of aryl methyl sites for hydroxylation is 1. The van der Waals surface area contributed by atoms with Crippen LogP contribution in [0.1, 0.15) is 23.2 Å². The van der Waals surface area contributed by atoms with Gasteiger partial charge in [0.25, 0.3) is 0 Å². The maximum Gasteiger partial charge on any atom is 0.226 e. The highest BCUT2D eigenvalue weighted by Gasteiger charge is 2.28. The fourth-order valence-electron chi connectivity index (χ4n) is 3.27. The number of amides is 1. The van der Waals surface area contributed by atoms with Crippen molar-refractivity contribution < 1.29 is 4.79 Å². The fourth-order valence-corrected chi connectivity index (χ4v) is 3.27. The van der Waals surface area contributed by atoms with Crippen molar-refractivity contribution in [3.8, 4) is 0 Å². The Kier molecular flexibility index (Phi) is 6.82. The third-order valence-corrected chi connectivity index (χ3v) is 4.59. The Morgan fingerprint density at radius 2 is 2.08 bits per heavy atom. The zero-order valence-corrected chi connectivity index (χ0v) is 14.6. The van der Waals surface area contributed by atoms with E-state index >= 15 is 0 Å². The summed E-state index contributed by atoms with van der Waals surface area (Å²) in [5.74, 6) is 0.275. The van der Waals surface area contributed by atoms with Crippen molar-refractivity contribution in [2.24, 2.45) is 11.7 Å². The zero-order valence-electron chi connectivity index (χ0n) is 13.8. The molecule has 0 fully saturated rings. The first-order valence-corrected chi connectivity index (χ1v) is 8.32. The van der Waals surface area contributed by atoms with Crippen molar-refractivity contribution in [1.82, 2.24) is 15.1 Å². The maximum atomic E-state index is 12.9. The molecular formula is C18H25ClN4O. The van der Waals surface area contributed by atoms with Crippen molar-refractivity contribution in [2.45, 2.75) is 25.7 Å². The van der Waals surface area contributed by atoms with Crippen molar-refractivity contribution in [3.63, 3.8) is 0 Å². The summed E-state index contributed by atoms with van der Waals surface area (Å²) in [7, 11) is 0. The number of halogens is 1. The van der Waals surface area contributed by atoms with Crippen LogP contribution in [-0.2, 0) is 24.1 Å². The van der Waals surface area contributed by atoms with E-state index in [1.54, 1.807) is 0 Å². The molecule has 1 heterocycles. The second-order valence-electron chi connectivity index (χ2n) is 6.16. The van der Waals surface area contributed by atoms with Crippen molar-refractivity contribution >= 4 is 18.3 Å². The largest absolute Gasteiger partial charge is 0.341 e. The first kappa shape index (κ1) is 18.5. The SMILES string of the molecule is Cl.NCCN(CCc1ccccc1)C(=O)C1CCc2cn[nH]c2C1. The van der Waals surface area contributed by atoms with Crippen molar-refractivity contribution in [3.05, 3.63) is 53.3 Å². The van der Waals surface area contributed by atoms with E-state index in [9.17, 15) is 4.79 Å². The Bertz CT molecular complexity index is 643. The highest BCUT2D eigenvalue weighted by Crippen LogP contribution is 2.25. The molecule has 1 unspecified atom stereocenters. The minimum atomic E-state index is 0. The summed E-state index contributed by atoms with van der Waals surface area (Å²) in [5, 5.41) is 7.11. The van der Waals surface area contributed by atoms with Gasteiger partial charge in [0.15, 0.2) is 0 Å². The van der Waals surface area contributed by atoms with Crippen LogP contribution >= 0.6 is 12.4 Å². The summed E-state index contributed by atoms with van der Waals surface area (Å²) in [6.07, 6.45) is 5.34. The molecule has 0 bridgehead atoms. The van der Waals surface area contributed by atoms with E-state index in [0.717, 1.165) is 37.9 Å². The average Bonchev–Trinajstić information content (AvgIpc) is 3.06. The van der Waals surface area contributed by atoms with E-state index in [1.807, 2.05) is 29.3 Å². The normalized spacial score (nSPS) is 16.1. The standard InChI is InChI=1S/C18H24N4O.ClH/c19-9-11-22(10-8-14-4-2-1-3-5-14)18(23)15-6-7-16-13-20-21-17(16)12-15;/h1-5,13,15H,6-12,19H2,(H,20,21);1H. The molecule has 1 aromatic heterocycles. The molecule has 1 aliphatic rings. The lowest BCUT2D eigenvalue weighted by Gasteiger charge is -2.29. The van der Waals surface area contributed by atoms with Crippen LogP contribution in [-0.4, -0.2) is 40.6 Å². The molecule has 0 spiro atoms. The molecule has 0 saturated carbocycles. The molecule has 3 rings (SSSR count). The number of benzene rings is 1. The summed E-state index contributed by atoms with van der Waals surface area (Å²) in [4.78, 5) is 14.8. The van der Waals surface area contributed by atoms with E-state index in [-0.39, 0.29) is 24.2 Å². The topological polar surface area (TPSA) is 75.0 Å². The number of hydrogen-bond donors (Lipinski definition) is 2. The molecule has 0 saturated heterocycles. The molecule has 0 radical (unpaired) electrons. The van der Waals surface area contributed by atoms with Gasteiger partial charge in [-0.3, -0.25) is 9.89 Å². The van der Waals surface area contributed by atoms with Gasteiger partial charge in [0.1, 0.15) is 0 Å². The number of nitrogens with two attached hydrogens (primary N) is 1. The van der Waals surface area contributed by atoms with Gasteiger partial charge in [-0.1, -0.05) is 30.3 Å². The number of carbonyl (C=O) groups excluding carboxylic acids is 1. The van der Waals surface area contributed by atoms with E-state index in [2.05, 4.69) is 22.3 Å². The predicted molar refractivity (Wildman–Crippen MR) is 97.1 cm³/mol. The van der Waals surface area contributed by atoms with Gasteiger partial charge in [-0.25, -0.2) is 0 Å². The number of nitrogens with one attached hydrogen (secondary N) is 1. The van der Waals surface area contributed by atoms with Gasteiger partial charge in [0.2, 0.25) is 5.91 Å². The Labute approximate surface area is 149 Å². The first-order chi connectivity index (χ1) is 11.3. The highest BCUT2D eigenvalue weighted by atomic mass is 35.5. The zero-order chi connectivity index (χ0) is 16.1. The van der Waals surface area contributed by atoms with Crippen LogP contribution in [0.2, 0.25) is 0 Å². The Morgan fingerprint density at radius 3 is 2.83 bits per heavy atom. The molecule has 1 aliphatic carbocycles. The number of aromatic nitrogens is 2. The Balaban J connectivity index is 0.00000208. The molecule has 1 amide bonds. The van der Waals surface area contributed by atoms with Crippen LogP contribution in [0.15, 0.2) is 36.5 Å². The Hall–Kier alpha value is -1.85. The number of nitrogens with zero attached hydrogens (tertiary/aromatic N) is 2. The minimum Gasteiger partial charge on any atom is -0.341 e. The van der Waals surface area contributed by atoms with Gasteiger partial charge in [0.05, 0.1) is 6.20 Å². The summed E-state index contributed by atoms with van der Waals surface area (Å²) in [6, 6.07) is 10.3. The predicted octanol–water partition coefficient (Wildman–Crippen LogP) is 1.97. The molecule has 3 N–H and O–H groups in total. The van der Waals surface area contributed by atoms with E-state index < -0.39 is 0 Å². The second-order valence-corrected chi connectivity index (χ2v) is 6.16. The van der Waals surface area contributed by atoms with Crippen LogP contribution in [0.5, 0.6) is 0 Å². The maximum absolute atomic E-state index is 12.9. The van der Waals surface area contributed by atoms with Gasteiger partial charge in [-0.2, -0.15) is 5.10 Å². The van der Waals surface area contributed by atoms with Gasteiger partial charge in [0, 0.05) is 37.7 Å². The summed E-state index contributed by atoms with van der Waals surface area (Å²) in [6.45, 7) is 1.85. The summed E-state index contributed by atoms with van der Waals surface area (Å²) < 4.78 is 0. The van der Waals surface area contributed by atoms with Gasteiger partial charge >= 0.3 is 0 Å². The lowest BCUT2D eigenvalue weighted by atomic mass is 9.87. The molecule has 1 aromatic carbocycles. The molecule has 6 heteroatoms. The molecule has 5 nitrogen and oxygen atoms in total. The number of carbonyl (C=O) groups is 1. The first-order valence-electron chi connectivity index (χ1n) is 8.32. The highest BCUT2D eigenvalue weighted by molar-refractivity contribution is 5.85. The number of hydrogen-bond acceptors (Lipinski definition) is 3. The van der Waals surface area contributed by atoms with E-state index in [1.165, 1.54) is 11.1 Å². The second kappa shape index (κ2) is 8.85. The molecule has 24 heavy (non-hydrogen) atoms. The molecule has 130 valence electrons. The summed E-state index contributed by atoms with van der Waals surface area (Å²) in [5.41, 5.74) is 9.34. The van der Waals surface area contributed by atoms with E-state index in [0.29, 0.717) is 13.1 Å². The van der Waals surface area contributed by atoms with Crippen LogP contribution < -0.4 is 5.73 Å². The van der Waals surface area contributed by atoms with Crippen LogP contribution in [0.25, 0.3) is 0 Å². The monoisotopic (exact) mass is 348 g/mol. The van der Waals surface area contributed by atoms with Crippen molar-refractivity contribution in [1.29, 1.82) is 0 Å². The van der Waals surface area contributed by atoms with Crippen LogP contribution in [0.3, 0.4) is 0 Å². The van der Waals surface area contributed by atoms with Crippen molar-refractivity contribution in [2.75, 3.05) is 19.6 Å². The molecule has 1 atom stereocenters. The lowest BCUT2D eigenvalue weighted by molar-refractivity contribution is -0.135. The smallest absolute Gasteiger partial charge is 0.226 e. The molecule has 2 aromatic rings. The molecule has 0 aliphatic heterocycles.